The van der Waals surface area contributed by atoms with Crippen molar-refractivity contribution in [2.75, 3.05) is 6.61 Å². The Bertz CT molecular complexity index is 209. The summed E-state index contributed by atoms with van der Waals surface area (Å²) in [4.78, 5) is 0. The maximum Gasteiger partial charge on any atom is 0.106 e. The van der Waals surface area contributed by atoms with E-state index in [9.17, 15) is 15.3 Å². The molecule has 0 aromatic heterocycles. The predicted octanol–water partition coefficient (Wildman–Crippen LogP) is -0.256. The molecule has 1 saturated carbocycles. The van der Waals surface area contributed by atoms with Crippen LogP contribution in [-0.2, 0) is 0 Å². The first-order valence-corrected chi connectivity index (χ1v) is 5.44. The maximum absolute atomic E-state index is 9.87. The third kappa shape index (κ3) is 2.50. The van der Waals surface area contributed by atoms with Crippen molar-refractivity contribution < 1.29 is 20.4 Å². The van der Waals surface area contributed by atoms with E-state index in [1.54, 1.807) is 0 Å². The molecule has 90 valence electrons. The third-order valence-electron chi connectivity index (χ3n) is 3.50. The molecule has 0 heterocycles. The highest BCUT2D eigenvalue weighted by Gasteiger charge is 2.46. The van der Waals surface area contributed by atoms with Gasteiger partial charge in [0.25, 0.3) is 0 Å². The van der Waals surface area contributed by atoms with Gasteiger partial charge in [-0.05, 0) is 17.8 Å². The molecule has 1 fully saturated rings. The number of rotatable bonds is 1. The van der Waals surface area contributed by atoms with Crippen LogP contribution in [0.1, 0.15) is 27.2 Å². The number of aliphatic hydroxyl groups is 4. The number of hydrogen-bond acceptors (Lipinski definition) is 4. The summed E-state index contributed by atoms with van der Waals surface area (Å²) in [5, 5.41) is 38.3. The first-order chi connectivity index (χ1) is 6.79. The highest BCUT2D eigenvalue weighted by Crippen LogP contribution is 2.40. The van der Waals surface area contributed by atoms with Gasteiger partial charge in [0, 0.05) is 12.5 Å². The molecular weight excluding hydrogens is 196 g/mol. The average molecular weight is 218 g/mol. The molecule has 0 saturated heterocycles. The molecule has 0 aliphatic heterocycles. The molecule has 1 rings (SSSR count). The average Bonchev–Trinajstić information content (AvgIpc) is 2.13. The number of aliphatic hydroxyl groups excluding tert-OH is 4. The van der Waals surface area contributed by atoms with E-state index in [0.29, 0.717) is 6.42 Å². The fourth-order valence-corrected chi connectivity index (χ4v) is 2.37. The first-order valence-electron chi connectivity index (χ1n) is 5.44. The maximum atomic E-state index is 9.87. The van der Waals surface area contributed by atoms with E-state index in [0.717, 1.165) is 0 Å². The normalized spacial score (nSPS) is 43.0. The largest absolute Gasteiger partial charge is 0.396 e. The number of hydrogen-bond donors (Lipinski definition) is 4. The smallest absolute Gasteiger partial charge is 0.106 e. The van der Waals surface area contributed by atoms with E-state index in [4.69, 9.17) is 5.11 Å². The van der Waals surface area contributed by atoms with Crippen molar-refractivity contribution in [2.24, 2.45) is 17.3 Å². The van der Waals surface area contributed by atoms with Crippen LogP contribution < -0.4 is 0 Å². The molecule has 4 nitrogen and oxygen atoms in total. The highest BCUT2D eigenvalue weighted by molar-refractivity contribution is 4.96. The SMILES string of the molecule is CC(C)(C)C1CC(CO)C(O)C(O)C1O. The minimum absolute atomic E-state index is 0.104. The van der Waals surface area contributed by atoms with Gasteiger partial charge in [-0.2, -0.15) is 0 Å². The second-order valence-corrected chi connectivity index (χ2v) is 5.62. The summed E-state index contributed by atoms with van der Waals surface area (Å²) in [6.07, 6.45) is -2.55. The predicted molar refractivity (Wildman–Crippen MR) is 56.2 cm³/mol. The van der Waals surface area contributed by atoms with Crippen LogP contribution in [0.4, 0.5) is 0 Å². The zero-order valence-electron chi connectivity index (χ0n) is 9.59. The van der Waals surface area contributed by atoms with Gasteiger partial charge in [0.2, 0.25) is 0 Å². The van der Waals surface area contributed by atoms with Crippen molar-refractivity contribution >= 4 is 0 Å². The Kier molecular flexibility index (Phi) is 3.76. The van der Waals surface area contributed by atoms with Crippen molar-refractivity contribution in [3.05, 3.63) is 0 Å². The highest BCUT2D eigenvalue weighted by atomic mass is 16.4. The van der Waals surface area contributed by atoms with Gasteiger partial charge in [-0.15, -0.1) is 0 Å². The van der Waals surface area contributed by atoms with E-state index < -0.39 is 18.3 Å². The van der Waals surface area contributed by atoms with Gasteiger partial charge in [-0.25, -0.2) is 0 Å². The molecule has 0 amide bonds. The molecule has 4 N–H and O–H groups in total. The van der Waals surface area contributed by atoms with Crippen LogP contribution >= 0.6 is 0 Å². The topological polar surface area (TPSA) is 80.9 Å². The standard InChI is InChI=1S/C11H22O4/c1-11(2,3)7-4-6(5-12)8(13)10(15)9(7)14/h6-10,12-15H,4-5H2,1-3H3. The molecule has 0 spiro atoms. The van der Waals surface area contributed by atoms with Gasteiger partial charge in [-0.1, -0.05) is 20.8 Å². The fourth-order valence-electron chi connectivity index (χ4n) is 2.37. The third-order valence-corrected chi connectivity index (χ3v) is 3.50. The quantitative estimate of drug-likeness (QED) is 0.489. The van der Waals surface area contributed by atoms with Crippen molar-refractivity contribution in [3.8, 4) is 0 Å². The van der Waals surface area contributed by atoms with Gasteiger partial charge in [0.15, 0.2) is 0 Å². The summed E-state index contributed by atoms with van der Waals surface area (Å²) in [5.74, 6) is -0.444. The van der Waals surface area contributed by atoms with Crippen LogP contribution in [0.25, 0.3) is 0 Å². The van der Waals surface area contributed by atoms with Gasteiger partial charge < -0.3 is 20.4 Å². The molecule has 0 aromatic rings. The Hall–Kier alpha value is -0.160. The van der Waals surface area contributed by atoms with E-state index in [1.807, 2.05) is 20.8 Å². The van der Waals surface area contributed by atoms with Crippen molar-refractivity contribution in [1.29, 1.82) is 0 Å². The van der Waals surface area contributed by atoms with Crippen LogP contribution in [0.2, 0.25) is 0 Å². The van der Waals surface area contributed by atoms with Crippen LogP contribution in [0, 0.1) is 17.3 Å². The van der Waals surface area contributed by atoms with E-state index >= 15 is 0 Å². The van der Waals surface area contributed by atoms with Crippen LogP contribution in [0.3, 0.4) is 0 Å². The van der Waals surface area contributed by atoms with Crippen molar-refractivity contribution in [2.45, 2.75) is 45.5 Å². The fraction of sp³-hybridized carbons (Fsp3) is 1.00. The van der Waals surface area contributed by atoms with Gasteiger partial charge in [0.05, 0.1) is 12.2 Å². The molecule has 1 aliphatic rings. The van der Waals surface area contributed by atoms with E-state index in [2.05, 4.69) is 0 Å². The Balaban J connectivity index is 2.83. The first kappa shape index (κ1) is 12.9. The second-order valence-electron chi connectivity index (χ2n) is 5.62. The summed E-state index contributed by atoms with van der Waals surface area (Å²) in [6.45, 7) is 5.80. The monoisotopic (exact) mass is 218 g/mol. The molecule has 5 unspecified atom stereocenters. The molecular formula is C11H22O4. The van der Waals surface area contributed by atoms with Gasteiger partial charge >= 0.3 is 0 Å². The molecule has 0 radical (unpaired) electrons. The molecule has 0 aromatic carbocycles. The zero-order chi connectivity index (χ0) is 11.8. The van der Waals surface area contributed by atoms with Crippen molar-refractivity contribution in [3.63, 3.8) is 0 Å². The Labute approximate surface area is 90.6 Å². The van der Waals surface area contributed by atoms with Crippen LogP contribution in [-0.4, -0.2) is 45.3 Å². The summed E-state index contributed by atoms with van der Waals surface area (Å²) >= 11 is 0. The minimum Gasteiger partial charge on any atom is -0.396 e. The molecule has 15 heavy (non-hydrogen) atoms. The lowest BCUT2D eigenvalue weighted by Crippen LogP contribution is -2.54. The summed E-state index contributed by atoms with van der Waals surface area (Å²) in [5.41, 5.74) is -0.145. The summed E-state index contributed by atoms with van der Waals surface area (Å²) < 4.78 is 0. The van der Waals surface area contributed by atoms with Crippen LogP contribution in [0.15, 0.2) is 0 Å². The molecule has 5 atom stereocenters. The molecule has 1 aliphatic carbocycles. The summed E-state index contributed by atoms with van der Waals surface area (Å²) in [6, 6.07) is 0. The second kappa shape index (κ2) is 4.37. The van der Waals surface area contributed by atoms with Gasteiger partial charge in [-0.3, -0.25) is 0 Å². The lowest BCUT2D eigenvalue weighted by molar-refractivity contribution is -0.160. The Morgan fingerprint density at radius 2 is 1.53 bits per heavy atom. The van der Waals surface area contributed by atoms with Crippen molar-refractivity contribution in [1.82, 2.24) is 0 Å². The Morgan fingerprint density at radius 1 is 1.00 bits per heavy atom. The van der Waals surface area contributed by atoms with E-state index in [-0.39, 0.29) is 23.9 Å². The molecule has 4 heteroatoms. The Morgan fingerprint density at radius 3 is 1.93 bits per heavy atom. The lowest BCUT2D eigenvalue weighted by atomic mass is 9.66. The van der Waals surface area contributed by atoms with Gasteiger partial charge in [0.1, 0.15) is 6.10 Å². The van der Waals surface area contributed by atoms with Crippen LogP contribution in [0.5, 0.6) is 0 Å². The zero-order valence-corrected chi connectivity index (χ0v) is 9.59. The lowest BCUT2D eigenvalue weighted by Gasteiger charge is -2.45. The van der Waals surface area contributed by atoms with E-state index in [1.165, 1.54) is 0 Å². The minimum atomic E-state index is -1.15. The molecule has 0 bridgehead atoms. The summed E-state index contributed by atoms with van der Waals surface area (Å²) in [7, 11) is 0.